The quantitative estimate of drug-likeness (QED) is 0.638. The molecule has 1 rings (SSSR count). The lowest BCUT2D eigenvalue weighted by Crippen LogP contribution is -1.98. The smallest absolute Gasteiger partial charge is 0.334 e. The molecule has 0 aliphatic carbocycles. The average molecular weight is 224 g/mol. The van der Waals surface area contributed by atoms with Gasteiger partial charge >= 0.3 is 19.3 Å². The number of halogens is 2. The topological polar surface area (TPSA) is 0 Å². The summed E-state index contributed by atoms with van der Waals surface area (Å²) in [4.78, 5) is 0. The second-order valence-electron chi connectivity index (χ2n) is 1.21. The molecule has 4 heteroatoms. The summed E-state index contributed by atoms with van der Waals surface area (Å²) in [6.45, 7) is 0. The van der Waals surface area contributed by atoms with Gasteiger partial charge in [0, 0.05) is 0 Å². The molecule has 8 heavy (non-hydrogen) atoms. The van der Waals surface area contributed by atoms with Crippen molar-refractivity contribution in [2.45, 2.75) is 0 Å². The first kappa shape index (κ1) is 9.24. The van der Waals surface area contributed by atoms with Gasteiger partial charge in [-0.3, -0.25) is 0 Å². The first-order valence-corrected chi connectivity index (χ1v) is 5.74. The van der Waals surface area contributed by atoms with E-state index in [2.05, 4.69) is 11.4 Å². The van der Waals surface area contributed by atoms with Gasteiger partial charge in [-0.2, -0.15) is 11.3 Å². The maximum Gasteiger partial charge on any atom is 0.551 e. The molecule has 0 unspecified atom stereocenters. The molecule has 0 amide bonds. The first-order valence-electron chi connectivity index (χ1n) is 2.02. The number of thiophene rings is 1. The molecule has 1 heterocycles. The Labute approximate surface area is 76.5 Å². The van der Waals surface area contributed by atoms with Gasteiger partial charge in [-0.15, -0.1) is 17.0 Å². The fourth-order valence-corrected chi connectivity index (χ4v) is 2.48. The van der Waals surface area contributed by atoms with Gasteiger partial charge in [0.2, 0.25) is 0 Å². The van der Waals surface area contributed by atoms with Crippen LogP contribution in [-0.4, -0.2) is 19.3 Å². The Kier molecular flexibility index (Phi) is 5.84. The summed E-state index contributed by atoms with van der Waals surface area (Å²) in [6.07, 6.45) is 0. The fraction of sp³-hybridized carbons (Fsp3) is 0. The summed E-state index contributed by atoms with van der Waals surface area (Å²) in [7, 11) is 5.62. The maximum atomic E-state index is 5.62. The van der Waals surface area contributed by atoms with E-state index in [9.17, 15) is 0 Å². The lowest BCUT2D eigenvalue weighted by Gasteiger charge is -1.73. The van der Waals surface area contributed by atoms with E-state index in [1.807, 2.05) is 6.07 Å². The summed E-state index contributed by atoms with van der Waals surface area (Å²) >= 11 is 1.38. The van der Waals surface area contributed by atoms with Crippen molar-refractivity contribution < 1.29 is 0 Å². The number of rotatable bonds is 1. The van der Waals surface area contributed by atoms with Crippen LogP contribution in [0.15, 0.2) is 17.5 Å². The zero-order valence-electron chi connectivity index (χ0n) is 4.13. The highest BCUT2D eigenvalue weighted by atomic mass is 79.9. The highest BCUT2D eigenvalue weighted by Crippen LogP contribution is 1.91. The van der Waals surface area contributed by atoms with Crippen LogP contribution in [0.3, 0.4) is 0 Å². The molecule has 0 saturated heterocycles. The van der Waals surface area contributed by atoms with Crippen LogP contribution in [0.4, 0.5) is 0 Å². The van der Waals surface area contributed by atoms with Crippen LogP contribution in [0.5, 0.6) is 0 Å². The third-order valence-electron chi connectivity index (χ3n) is 0.712. The van der Waals surface area contributed by atoms with Gasteiger partial charge < -0.3 is 9.07 Å². The van der Waals surface area contributed by atoms with Gasteiger partial charge in [0.15, 0.2) is 0 Å². The molecular weight excluding hydrogens is 220 g/mol. The molecule has 0 aromatic carbocycles. The van der Waals surface area contributed by atoms with Crippen LogP contribution >= 0.6 is 37.4 Å². The first-order chi connectivity index (χ1) is 3.43. The Morgan fingerprint density at radius 1 is 1.62 bits per heavy atom. The van der Waals surface area contributed by atoms with Gasteiger partial charge in [0.05, 0.1) is 0 Å². The second-order valence-corrected chi connectivity index (χ2v) is 4.59. The van der Waals surface area contributed by atoms with Crippen LogP contribution in [0, 0.1) is 0 Å². The van der Waals surface area contributed by atoms with Crippen molar-refractivity contribution in [3.63, 3.8) is 0 Å². The van der Waals surface area contributed by atoms with Crippen LogP contribution < -0.4 is 3.01 Å². The normalized spacial score (nSPS) is 7.12. The largest absolute Gasteiger partial charge is 0.551 e. The molecule has 0 radical (unpaired) electrons. The molecule has 0 N–H and O–H groups in total. The Morgan fingerprint density at radius 2 is 2.38 bits per heavy atom. The zero-order chi connectivity index (χ0) is 5.11. The van der Waals surface area contributed by atoms with Gasteiger partial charge in [0.25, 0.3) is 0 Å². The number of hydrogen-bond donors (Lipinski definition) is 0. The van der Waals surface area contributed by atoms with Crippen molar-refractivity contribution in [3.8, 4) is 0 Å². The lowest BCUT2D eigenvalue weighted by molar-refractivity contribution is 2.07. The molecule has 0 saturated carbocycles. The highest BCUT2D eigenvalue weighted by molar-refractivity contribution is 8.93. The monoisotopic (exact) mass is 222 g/mol. The van der Waals surface area contributed by atoms with Crippen LogP contribution in [-0.2, 0) is 0 Å². The van der Waals surface area contributed by atoms with Crippen LogP contribution in [0.25, 0.3) is 0 Å². The van der Waals surface area contributed by atoms with Crippen molar-refractivity contribution >= 4 is 59.7 Å². The van der Waals surface area contributed by atoms with E-state index in [1.54, 1.807) is 11.3 Å². The Bertz CT molecular complexity index is 131. The predicted octanol–water partition coefficient (Wildman–Crippen LogP) is 1.81. The van der Waals surface area contributed by atoms with Gasteiger partial charge in [-0.05, 0) is 5.38 Å². The van der Waals surface area contributed by atoms with Crippen molar-refractivity contribution in [1.29, 1.82) is 0 Å². The summed E-state index contributed by atoms with van der Waals surface area (Å²) in [5.74, 6) is 0. The van der Waals surface area contributed by atoms with E-state index in [4.69, 9.17) is 9.07 Å². The van der Waals surface area contributed by atoms with Crippen LogP contribution in [0.1, 0.15) is 0 Å². The van der Waals surface area contributed by atoms with E-state index >= 15 is 0 Å². The number of hydrogen-bond acceptors (Lipinski definition) is 1. The van der Waals surface area contributed by atoms with E-state index < -0.39 is 0 Å². The van der Waals surface area contributed by atoms with Crippen molar-refractivity contribution in [2.75, 3.05) is 0 Å². The summed E-state index contributed by atoms with van der Waals surface area (Å²) in [5, 5.41) is 2.06. The molecule has 0 aliphatic heterocycles. The molecule has 0 nitrogen and oxygen atoms in total. The van der Waals surface area contributed by atoms with Crippen molar-refractivity contribution in [1.82, 2.24) is 0 Å². The minimum Gasteiger partial charge on any atom is -0.334 e. The lowest BCUT2D eigenvalue weighted by atomic mass is 10.7. The molecule has 42 valence electrons. The third kappa shape index (κ3) is 2.69. The Hall–Kier alpha value is 1.24. The highest BCUT2D eigenvalue weighted by Gasteiger charge is 1.92. The van der Waals surface area contributed by atoms with Gasteiger partial charge in [0.1, 0.15) is 0 Å². The minimum atomic E-state index is -0.376. The average Bonchev–Trinajstić information content (AvgIpc) is 2.14. The summed E-state index contributed by atoms with van der Waals surface area (Å²) in [5.41, 5.74) is 0. The second kappa shape index (κ2) is 5.06. The fourth-order valence-electron chi connectivity index (χ4n) is 0.389. The van der Waals surface area contributed by atoms with Crippen molar-refractivity contribution in [2.24, 2.45) is 0 Å². The minimum absolute atomic E-state index is 0. The Morgan fingerprint density at radius 3 is 2.62 bits per heavy atom. The third-order valence-corrected chi connectivity index (χ3v) is 4.22. The van der Waals surface area contributed by atoms with Crippen LogP contribution in [0.2, 0.25) is 0 Å². The zero-order valence-corrected chi connectivity index (χ0v) is 8.83. The van der Waals surface area contributed by atoms with E-state index in [-0.39, 0.29) is 36.2 Å². The summed E-state index contributed by atoms with van der Waals surface area (Å²) < 4.78 is 1.38. The molecule has 1 aromatic rings. The Balaban J connectivity index is 0.000000490. The van der Waals surface area contributed by atoms with Crippen molar-refractivity contribution in [3.05, 3.63) is 17.5 Å². The molecule has 0 atom stereocenters. The predicted molar refractivity (Wildman–Crippen MR) is 45.9 cm³/mol. The standard InChI is InChI=1S/C4H3S.BrH.ClH.Mg/c1-2-4-5-3-1;;;/h1-3H;2*1H;/q;;;+1/p-1. The van der Waals surface area contributed by atoms with E-state index in [1.165, 1.54) is 3.01 Å². The summed E-state index contributed by atoms with van der Waals surface area (Å²) in [6, 6.07) is 4.12. The SMILES string of the molecule is Br.[Cl][Mg][c]1cccs1. The maximum absolute atomic E-state index is 5.62. The molecule has 0 aliphatic rings. The molecule has 0 spiro atoms. The molecule has 0 fully saturated rings. The van der Waals surface area contributed by atoms with Gasteiger partial charge in [-0.25, -0.2) is 0 Å². The van der Waals surface area contributed by atoms with Gasteiger partial charge in [-0.1, -0.05) is 15.1 Å². The van der Waals surface area contributed by atoms with E-state index in [0.717, 1.165) is 0 Å². The molecule has 1 aromatic heterocycles. The molecule has 0 bridgehead atoms. The van der Waals surface area contributed by atoms with E-state index in [0.29, 0.717) is 0 Å². The molecular formula is C4H4BrClMgS.